The van der Waals surface area contributed by atoms with E-state index in [2.05, 4.69) is 84.7 Å². The van der Waals surface area contributed by atoms with Crippen LogP contribution in [-0.4, -0.2) is 18.6 Å². The lowest BCUT2D eigenvalue weighted by atomic mass is 10.0. The molecule has 2 heterocycles. The molecule has 118 valence electrons. The van der Waals surface area contributed by atoms with E-state index in [-0.39, 0.29) is 0 Å². The van der Waals surface area contributed by atoms with Crippen molar-refractivity contribution in [1.82, 2.24) is 4.90 Å². The zero-order chi connectivity index (χ0) is 16.3. The summed E-state index contributed by atoms with van der Waals surface area (Å²) in [5, 5.41) is 4.76. The van der Waals surface area contributed by atoms with Gasteiger partial charge in [0.25, 0.3) is 0 Å². The van der Waals surface area contributed by atoms with Gasteiger partial charge in [0.05, 0.1) is 6.67 Å². The Labute approximate surface area is 140 Å². The Morgan fingerprint density at radius 1 is 0.833 bits per heavy atom. The Morgan fingerprint density at radius 3 is 2.46 bits per heavy atom. The van der Waals surface area contributed by atoms with Crippen LogP contribution in [0.4, 0.5) is 5.69 Å². The molecular weight excluding hydrogens is 296 g/mol. The summed E-state index contributed by atoms with van der Waals surface area (Å²) in [4.78, 5) is 4.41. The molecular formula is C21H18N2O. The summed E-state index contributed by atoms with van der Waals surface area (Å²) < 4.78 is 6.36. The van der Waals surface area contributed by atoms with Crippen LogP contribution < -0.4 is 4.90 Å². The highest BCUT2D eigenvalue weighted by Crippen LogP contribution is 2.38. The molecule has 3 aromatic carbocycles. The summed E-state index contributed by atoms with van der Waals surface area (Å²) in [6, 6.07) is 17.1. The fraction of sp³-hybridized carbons (Fsp3) is 0.143. The number of furan rings is 1. The van der Waals surface area contributed by atoms with Gasteiger partial charge in [-0.1, -0.05) is 30.3 Å². The van der Waals surface area contributed by atoms with E-state index in [9.17, 15) is 0 Å². The largest absolute Gasteiger partial charge is 0.455 e. The molecule has 0 bridgehead atoms. The maximum atomic E-state index is 6.36. The van der Waals surface area contributed by atoms with E-state index in [0.717, 1.165) is 17.8 Å². The van der Waals surface area contributed by atoms with Crippen LogP contribution in [-0.2, 0) is 0 Å². The van der Waals surface area contributed by atoms with Crippen molar-refractivity contribution in [2.45, 2.75) is 6.92 Å². The van der Waals surface area contributed by atoms with Gasteiger partial charge < -0.3 is 14.2 Å². The van der Waals surface area contributed by atoms with Crippen molar-refractivity contribution in [3.63, 3.8) is 0 Å². The minimum Gasteiger partial charge on any atom is -0.455 e. The first-order chi connectivity index (χ1) is 11.7. The number of benzene rings is 3. The molecule has 3 heteroatoms. The average molecular weight is 314 g/mol. The van der Waals surface area contributed by atoms with Crippen LogP contribution in [0.1, 0.15) is 5.56 Å². The van der Waals surface area contributed by atoms with Gasteiger partial charge >= 0.3 is 0 Å². The van der Waals surface area contributed by atoms with Crippen LogP contribution in [0.5, 0.6) is 0 Å². The monoisotopic (exact) mass is 314 g/mol. The first-order valence-corrected chi connectivity index (χ1v) is 8.21. The molecule has 24 heavy (non-hydrogen) atoms. The second kappa shape index (κ2) is 4.78. The average Bonchev–Trinajstić information content (AvgIpc) is 3.19. The van der Waals surface area contributed by atoms with Crippen LogP contribution in [0.25, 0.3) is 32.7 Å². The molecule has 0 spiro atoms. The lowest BCUT2D eigenvalue weighted by Crippen LogP contribution is -2.22. The molecule has 0 fully saturated rings. The molecule has 0 aliphatic carbocycles. The molecule has 0 saturated carbocycles. The summed E-state index contributed by atoms with van der Waals surface area (Å²) in [6.45, 7) is 3.02. The van der Waals surface area contributed by atoms with E-state index in [1.54, 1.807) is 0 Å². The highest BCUT2D eigenvalue weighted by molar-refractivity contribution is 6.15. The molecule has 0 amide bonds. The van der Waals surface area contributed by atoms with Gasteiger partial charge in [-0.15, -0.1) is 0 Å². The standard InChI is InChI=1S/C21H18N2O/c1-14-19(23-12-11-22(2)13-23)10-9-17-18-8-7-15-5-3-4-6-16(15)21(18)24-20(14)17/h3-12H,13H2,1-2H3. The van der Waals surface area contributed by atoms with E-state index < -0.39 is 0 Å². The predicted molar refractivity (Wildman–Crippen MR) is 100 cm³/mol. The van der Waals surface area contributed by atoms with Crippen molar-refractivity contribution in [1.29, 1.82) is 0 Å². The molecule has 5 rings (SSSR count). The van der Waals surface area contributed by atoms with E-state index in [1.807, 2.05) is 0 Å². The second-order valence-electron chi connectivity index (χ2n) is 6.52. The SMILES string of the molecule is Cc1c(N2C=CN(C)C2)ccc2c1oc1c3ccccc3ccc21. The van der Waals surface area contributed by atoms with E-state index >= 15 is 0 Å². The van der Waals surface area contributed by atoms with Gasteiger partial charge in [0, 0.05) is 46.9 Å². The van der Waals surface area contributed by atoms with Crippen LogP contribution in [0.2, 0.25) is 0 Å². The smallest absolute Gasteiger partial charge is 0.143 e. The number of fused-ring (bicyclic) bond motifs is 5. The van der Waals surface area contributed by atoms with Gasteiger partial charge in [-0.3, -0.25) is 0 Å². The Bertz CT molecular complexity index is 1120. The Morgan fingerprint density at radius 2 is 1.62 bits per heavy atom. The number of rotatable bonds is 1. The number of anilines is 1. The molecule has 0 atom stereocenters. The number of nitrogens with zero attached hydrogens (tertiary/aromatic N) is 2. The summed E-state index contributed by atoms with van der Waals surface area (Å²) in [7, 11) is 2.08. The van der Waals surface area contributed by atoms with Gasteiger partial charge in [-0.05, 0) is 30.5 Å². The first kappa shape index (κ1) is 13.5. The first-order valence-electron chi connectivity index (χ1n) is 8.21. The lowest BCUT2D eigenvalue weighted by Gasteiger charge is -2.20. The minimum absolute atomic E-state index is 0.871. The van der Waals surface area contributed by atoms with Crippen molar-refractivity contribution in [2.75, 3.05) is 18.6 Å². The van der Waals surface area contributed by atoms with Gasteiger partial charge in [0.15, 0.2) is 0 Å². The molecule has 1 aromatic heterocycles. The molecule has 0 saturated heterocycles. The quantitative estimate of drug-likeness (QED) is 0.480. The van der Waals surface area contributed by atoms with Crippen LogP contribution in [0, 0.1) is 6.92 Å². The van der Waals surface area contributed by atoms with Crippen LogP contribution >= 0.6 is 0 Å². The van der Waals surface area contributed by atoms with Crippen molar-refractivity contribution in [3.8, 4) is 0 Å². The van der Waals surface area contributed by atoms with Crippen molar-refractivity contribution in [3.05, 3.63) is 66.5 Å². The molecule has 4 aromatic rings. The molecule has 0 unspecified atom stereocenters. The summed E-state index contributed by atoms with van der Waals surface area (Å²) in [6.07, 6.45) is 4.21. The van der Waals surface area contributed by atoms with Gasteiger partial charge in [0.2, 0.25) is 0 Å². The molecule has 0 N–H and O–H groups in total. The van der Waals surface area contributed by atoms with Crippen LogP contribution in [0.15, 0.2) is 65.3 Å². The summed E-state index contributed by atoms with van der Waals surface area (Å²) in [5.41, 5.74) is 4.36. The third kappa shape index (κ3) is 1.78. The van der Waals surface area contributed by atoms with E-state index in [4.69, 9.17) is 4.42 Å². The van der Waals surface area contributed by atoms with Gasteiger partial charge in [-0.25, -0.2) is 0 Å². The van der Waals surface area contributed by atoms with Crippen molar-refractivity contribution < 1.29 is 4.42 Å². The number of aryl methyl sites for hydroxylation is 1. The van der Waals surface area contributed by atoms with Crippen molar-refractivity contribution >= 4 is 38.4 Å². The zero-order valence-corrected chi connectivity index (χ0v) is 13.8. The highest BCUT2D eigenvalue weighted by Gasteiger charge is 2.18. The maximum absolute atomic E-state index is 6.36. The summed E-state index contributed by atoms with van der Waals surface area (Å²) >= 11 is 0. The third-order valence-electron chi connectivity index (χ3n) is 4.94. The topological polar surface area (TPSA) is 19.6 Å². The van der Waals surface area contributed by atoms with E-state index in [1.165, 1.54) is 32.8 Å². The number of hydrogen-bond donors (Lipinski definition) is 0. The Balaban J connectivity index is 1.81. The molecule has 0 radical (unpaired) electrons. The normalized spacial score (nSPS) is 14.6. The lowest BCUT2D eigenvalue weighted by molar-refractivity contribution is 0.495. The highest BCUT2D eigenvalue weighted by atomic mass is 16.3. The molecule has 3 nitrogen and oxygen atoms in total. The fourth-order valence-corrected chi connectivity index (χ4v) is 3.69. The Kier molecular flexibility index (Phi) is 2.69. The van der Waals surface area contributed by atoms with Gasteiger partial charge in [-0.2, -0.15) is 0 Å². The van der Waals surface area contributed by atoms with E-state index in [0.29, 0.717) is 0 Å². The molecule has 1 aliphatic rings. The van der Waals surface area contributed by atoms with Crippen molar-refractivity contribution in [2.24, 2.45) is 0 Å². The molecule has 1 aliphatic heterocycles. The number of hydrogen-bond acceptors (Lipinski definition) is 3. The predicted octanol–water partition coefficient (Wildman–Crippen LogP) is 5.23. The summed E-state index contributed by atoms with van der Waals surface area (Å²) in [5.74, 6) is 0. The third-order valence-corrected chi connectivity index (χ3v) is 4.94. The fourth-order valence-electron chi connectivity index (χ4n) is 3.69. The second-order valence-corrected chi connectivity index (χ2v) is 6.52. The minimum atomic E-state index is 0.871. The maximum Gasteiger partial charge on any atom is 0.143 e. The van der Waals surface area contributed by atoms with Gasteiger partial charge in [0.1, 0.15) is 11.2 Å². The zero-order valence-electron chi connectivity index (χ0n) is 13.8. The van der Waals surface area contributed by atoms with Crippen LogP contribution in [0.3, 0.4) is 0 Å². The Hall–Kier alpha value is -2.94.